The number of carbonyl (C=O) groups is 2. The molecule has 3 amide bonds. The van der Waals surface area contributed by atoms with Crippen molar-refractivity contribution in [3.63, 3.8) is 0 Å². The summed E-state index contributed by atoms with van der Waals surface area (Å²) in [5, 5.41) is 2.94. The largest absolute Gasteiger partial charge is 0.495 e. The van der Waals surface area contributed by atoms with Crippen molar-refractivity contribution < 1.29 is 28.5 Å². The first kappa shape index (κ1) is 18.5. The van der Waals surface area contributed by atoms with Crippen molar-refractivity contribution in [1.29, 1.82) is 0 Å². The van der Waals surface area contributed by atoms with Crippen LogP contribution < -0.4 is 35.1 Å². The number of benzene rings is 2. The number of hydrogen-bond acceptors (Lipinski definition) is 6. The second kappa shape index (κ2) is 8.37. The monoisotopic (exact) mass is 393 g/mol. The Bertz CT molecular complexity index is 861. The molecule has 27 heavy (non-hydrogen) atoms. The minimum atomic E-state index is -0.674. The van der Waals surface area contributed by atoms with Gasteiger partial charge < -0.3 is 24.3 Å². The maximum atomic E-state index is 11.9. The van der Waals surface area contributed by atoms with Crippen LogP contribution in [-0.4, -0.2) is 32.4 Å². The highest BCUT2D eigenvalue weighted by Crippen LogP contribution is 2.35. The summed E-state index contributed by atoms with van der Waals surface area (Å²) in [6.45, 7) is -0.157. The lowest BCUT2D eigenvalue weighted by molar-refractivity contribution is -0.123. The van der Waals surface area contributed by atoms with Gasteiger partial charge in [-0.05, 0) is 30.3 Å². The second-order valence-electron chi connectivity index (χ2n) is 5.28. The van der Waals surface area contributed by atoms with Crippen LogP contribution in [0.1, 0.15) is 0 Å². The van der Waals surface area contributed by atoms with Gasteiger partial charge in [0, 0.05) is 11.1 Å². The Hall–Kier alpha value is -3.33. The summed E-state index contributed by atoms with van der Waals surface area (Å²) in [6.07, 6.45) is 0. The van der Waals surface area contributed by atoms with Gasteiger partial charge in [0.1, 0.15) is 11.5 Å². The molecule has 0 unspecified atom stereocenters. The lowest BCUT2D eigenvalue weighted by atomic mass is 10.3. The fourth-order valence-corrected chi connectivity index (χ4v) is 2.38. The molecule has 1 aliphatic heterocycles. The zero-order valence-electron chi connectivity index (χ0n) is 14.2. The van der Waals surface area contributed by atoms with E-state index in [0.29, 0.717) is 33.7 Å². The minimum Gasteiger partial charge on any atom is -0.495 e. The Morgan fingerprint density at radius 1 is 1.11 bits per heavy atom. The number of anilines is 1. The normalized spacial score (nSPS) is 11.5. The molecule has 142 valence electrons. The van der Waals surface area contributed by atoms with Crippen LogP contribution in [-0.2, 0) is 4.79 Å². The third-order valence-electron chi connectivity index (χ3n) is 3.44. The minimum absolute atomic E-state index is 0.149. The van der Waals surface area contributed by atoms with E-state index in [1.54, 1.807) is 30.3 Å². The first-order valence-corrected chi connectivity index (χ1v) is 8.15. The lowest BCUT2D eigenvalue weighted by Crippen LogP contribution is -2.45. The molecule has 1 aliphatic rings. The molecule has 0 aliphatic carbocycles. The van der Waals surface area contributed by atoms with Gasteiger partial charge in [-0.1, -0.05) is 11.6 Å². The van der Waals surface area contributed by atoms with Crippen LogP contribution in [0, 0.1) is 0 Å². The number of urea groups is 1. The number of nitrogens with one attached hydrogen (secondary N) is 3. The second-order valence-corrected chi connectivity index (χ2v) is 5.71. The van der Waals surface area contributed by atoms with Gasteiger partial charge in [0.15, 0.2) is 18.1 Å². The summed E-state index contributed by atoms with van der Waals surface area (Å²) >= 11 is 5.89. The molecular weight excluding hydrogens is 378 g/mol. The highest BCUT2D eigenvalue weighted by molar-refractivity contribution is 6.31. The standard InChI is InChI=1S/C17H16ClN3O6/c1-24-13-4-2-10(18)6-12(13)19-17(23)21-20-16(22)8-25-11-3-5-14-15(7-11)27-9-26-14/h2-7H,8-9H2,1H3,(H,20,22)(H2,19,21,23). The molecule has 2 aromatic rings. The van der Waals surface area contributed by atoms with Crippen molar-refractivity contribution in [2.75, 3.05) is 25.8 Å². The topological polar surface area (TPSA) is 107 Å². The summed E-state index contributed by atoms with van der Waals surface area (Å²) in [7, 11) is 1.46. The van der Waals surface area contributed by atoms with Crippen molar-refractivity contribution in [1.82, 2.24) is 10.9 Å². The third kappa shape index (κ3) is 4.85. The van der Waals surface area contributed by atoms with E-state index in [9.17, 15) is 9.59 Å². The molecule has 3 rings (SSSR count). The number of carbonyl (C=O) groups excluding carboxylic acids is 2. The maximum Gasteiger partial charge on any atom is 0.338 e. The number of hydrogen-bond donors (Lipinski definition) is 3. The summed E-state index contributed by atoms with van der Waals surface area (Å²) in [5.74, 6) is 1.46. The van der Waals surface area contributed by atoms with E-state index < -0.39 is 11.9 Å². The van der Waals surface area contributed by atoms with Crippen molar-refractivity contribution in [2.45, 2.75) is 0 Å². The third-order valence-corrected chi connectivity index (χ3v) is 3.67. The van der Waals surface area contributed by atoms with Crippen molar-refractivity contribution >= 4 is 29.2 Å². The average molecular weight is 394 g/mol. The summed E-state index contributed by atoms with van der Waals surface area (Å²) < 4.78 is 20.9. The van der Waals surface area contributed by atoms with Gasteiger partial charge in [-0.15, -0.1) is 0 Å². The molecule has 0 bridgehead atoms. The quantitative estimate of drug-likeness (QED) is 0.673. The Morgan fingerprint density at radius 2 is 1.93 bits per heavy atom. The predicted octanol–water partition coefficient (Wildman–Crippen LogP) is 2.31. The van der Waals surface area contributed by atoms with E-state index >= 15 is 0 Å². The molecule has 0 aromatic heterocycles. The maximum absolute atomic E-state index is 11.9. The summed E-state index contributed by atoms with van der Waals surface area (Å²) in [5.41, 5.74) is 4.78. The van der Waals surface area contributed by atoms with Crippen LogP contribution in [0.5, 0.6) is 23.0 Å². The first-order valence-electron chi connectivity index (χ1n) is 7.77. The highest BCUT2D eigenvalue weighted by Gasteiger charge is 2.14. The molecule has 0 atom stereocenters. The van der Waals surface area contributed by atoms with Gasteiger partial charge in [-0.25, -0.2) is 10.2 Å². The van der Waals surface area contributed by atoms with E-state index in [1.165, 1.54) is 13.2 Å². The summed E-state index contributed by atoms with van der Waals surface area (Å²) in [6, 6.07) is 9.01. The fraction of sp³-hybridized carbons (Fsp3) is 0.176. The zero-order chi connectivity index (χ0) is 19.2. The molecule has 1 heterocycles. The predicted molar refractivity (Wildman–Crippen MR) is 96.4 cm³/mol. The smallest absolute Gasteiger partial charge is 0.338 e. The number of fused-ring (bicyclic) bond motifs is 1. The Morgan fingerprint density at radius 3 is 2.74 bits per heavy atom. The van der Waals surface area contributed by atoms with Crippen molar-refractivity contribution in [3.05, 3.63) is 41.4 Å². The molecule has 2 aromatic carbocycles. The molecule has 3 N–H and O–H groups in total. The fourth-order valence-electron chi connectivity index (χ4n) is 2.21. The van der Waals surface area contributed by atoms with Crippen molar-refractivity contribution in [2.24, 2.45) is 0 Å². The van der Waals surface area contributed by atoms with E-state index in [0.717, 1.165) is 0 Å². The Labute approximate surface area is 159 Å². The SMILES string of the molecule is COc1ccc(Cl)cc1NC(=O)NNC(=O)COc1ccc2c(c1)OCO2. The van der Waals surface area contributed by atoms with Crippen LogP contribution in [0.25, 0.3) is 0 Å². The van der Waals surface area contributed by atoms with Gasteiger partial charge in [-0.3, -0.25) is 10.2 Å². The van der Waals surface area contributed by atoms with Gasteiger partial charge in [0.25, 0.3) is 5.91 Å². The Balaban J connectivity index is 1.45. The molecule has 0 saturated heterocycles. The molecule has 0 fully saturated rings. The van der Waals surface area contributed by atoms with E-state index in [2.05, 4.69) is 16.2 Å². The van der Waals surface area contributed by atoms with Crippen LogP contribution in [0.3, 0.4) is 0 Å². The molecule has 9 nitrogen and oxygen atoms in total. The number of ether oxygens (including phenoxy) is 4. The van der Waals surface area contributed by atoms with Gasteiger partial charge in [0.05, 0.1) is 12.8 Å². The summed E-state index contributed by atoms with van der Waals surface area (Å²) in [4.78, 5) is 23.7. The van der Waals surface area contributed by atoms with Crippen LogP contribution >= 0.6 is 11.6 Å². The highest BCUT2D eigenvalue weighted by atomic mass is 35.5. The number of amides is 3. The first-order chi connectivity index (χ1) is 13.0. The van der Waals surface area contributed by atoms with Crippen molar-refractivity contribution in [3.8, 4) is 23.0 Å². The molecule has 0 radical (unpaired) electrons. The average Bonchev–Trinajstić information content (AvgIpc) is 3.12. The molecule has 0 spiro atoms. The van der Waals surface area contributed by atoms with Crippen LogP contribution in [0.4, 0.5) is 10.5 Å². The molecule has 10 heteroatoms. The van der Waals surface area contributed by atoms with E-state index in [1.807, 2.05) is 0 Å². The van der Waals surface area contributed by atoms with Crippen LogP contribution in [0.2, 0.25) is 5.02 Å². The van der Waals surface area contributed by atoms with E-state index in [4.69, 9.17) is 30.5 Å². The van der Waals surface area contributed by atoms with E-state index in [-0.39, 0.29) is 13.4 Å². The van der Waals surface area contributed by atoms with Gasteiger partial charge >= 0.3 is 6.03 Å². The van der Waals surface area contributed by atoms with Gasteiger partial charge in [0.2, 0.25) is 6.79 Å². The molecular formula is C17H16ClN3O6. The number of methoxy groups -OCH3 is 1. The molecule has 0 saturated carbocycles. The lowest BCUT2D eigenvalue weighted by Gasteiger charge is -2.12. The number of hydrazine groups is 1. The number of rotatable bonds is 5. The van der Waals surface area contributed by atoms with Gasteiger partial charge in [-0.2, -0.15) is 0 Å². The Kier molecular flexibility index (Phi) is 5.72. The number of halogens is 1. The zero-order valence-corrected chi connectivity index (χ0v) is 15.0. The van der Waals surface area contributed by atoms with Crippen LogP contribution in [0.15, 0.2) is 36.4 Å².